The number of amides is 1. The van der Waals surface area contributed by atoms with Crippen LogP contribution in [-0.2, 0) is 6.54 Å². The van der Waals surface area contributed by atoms with Crippen molar-refractivity contribution in [2.45, 2.75) is 6.54 Å². The quantitative estimate of drug-likeness (QED) is 0.519. The second-order valence-electron chi connectivity index (χ2n) is 6.08. The number of nitrogens with zero attached hydrogens (tertiary/aromatic N) is 3. The number of nitrogens with one attached hydrogen (secondary N) is 1. The van der Waals surface area contributed by atoms with E-state index in [-0.39, 0.29) is 11.1 Å². The Hall–Kier alpha value is -3.72. The Balaban J connectivity index is 1.40. The summed E-state index contributed by atoms with van der Waals surface area (Å²) in [5.41, 5.74) is 8.23. The van der Waals surface area contributed by atoms with Crippen molar-refractivity contribution in [2.75, 3.05) is 12.8 Å². The Labute approximate surface area is 170 Å². The Kier molecular flexibility index (Phi) is 5.21. The maximum Gasteiger partial charge on any atom is 0.414 e. The van der Waals surface area contributed by atoms with Gasteiger partial charge in [0.1, 0.15) is 5.75 Å². The van der Waals surface area contributed by atoms with Gasteiger partial charge in [0.25, 0.3) is 5.19 Å². The lowest BCUT2D eigenvalue weighted by Crippen LogP contribution is -2.26. The van der Waals surface area contributed by atoms with Crippen LogP contribution in [0, 0.1) is 0 Å². The molecule has 9 heteroatoms. The molecule has 0 fully saturated rings. The highest BCUT2D eigenvalue weighted by Crippen LogP contribution is 2.32. The molecule has 29 heavy (non-hydrogen) atoms. The average Bonchev–Trinajstić information content (AvgIpc) is 3.20. The van der Waals surface area contributed by atoms with E-state index in [0.29, 0.717) is 6.54 Å². The molecular weight excluding hydrogens is 390 g/mol. The topological polar surface area (TPSA) is 112 Å². The molecule has 0 saturated carbocycles. The molecule has 2 aromatic carbocycles. The van der Waals surface area contributed by atoms with Gasteiger partial charge in [0.05, 0.1) is 17.5 Å². The molecule has 3 N–H and O–H groups in total. The van der Waals surface area contributed by atoms with Crippen LogP contribution in [0.5, 0.6) is 10.9 Å². The zero-order valence-corrected chi connectivity index (χ0v) is 16.3. The van der Waals surface area contributed by atoms with Crippen molar-refractivity contribution in [2.24, 2.45) is 0 Å². The van der Waals surface area contributed by atoms with E-state index in [9.17, 15) is 4.79 Å². The van der Waals surface area contributed by atoms with Crippen LogP contribution in [0.3, 0.4) is 0 Å². The number of hydrogen-bond acceptors (Lipinski definition) is 8. The van der Waals surface area contributed by atoms with Crippen molar-refractivity contribution >= 4 is 34.3 Å². The highest BCUT2D eigenvalue weighted by Gasteiger charge is 2.11. The number of aromatic nitrogens is 3. The number of ether oxygens (including phenoxy) is 2. The summed E-state index contributed by atoms with van der Waals surface area (Å²) in [7, 11) is 1.61. The molecule has 2 aromatic heterocycles. The van der Waals surface area contributed by atoms with Gasteiger partial charge in [0.15, 0.2) is 0 Å². The smallest absolute Gasteiger partial charge is 0.414 e. The monoisotopic (exact) mass is 407 g/mol. The standard InChI is InChI=1S/C20H17N5O3S/c1-27-15-6-2-12(3-7-15)9-23-19(26)28-20-24-11-17(29-20)13-4-5-14-10-22-18(21)25-16(14)8-13/h2-8,10-11H,9H2,1H3,(H,23,26)(H2,21,22,25). The molecule has 0 bridgehead atoms. The van der Waals surface area contributed by atoms with E-state index in [2.05, 4.69) is 20.3 Å². The normalized spacial score (nSPS) is 10.7. The van der Waals surface area contributed by atoms with Crippen LogP contribution < -0.4 is 20.5 Å². The van der Waals surface area contributed by atoms with Gasteiger partial charge in [-0.2, -0.15) is 0 Å². The minimum Gasteiger partial charge on any atom is -0.497 e. The summed E-state index contributed by atoms with van der Waals surface area (Å²) < 4.78 is 10.4. The fourth-order valence-electron chi connectivity index (χ4n) is 2.66. The number of carbonyl (C=O) groups excluding carboxylic acids is 1. The van der Waals surface area contributed by atoms with Crippen LogP contribution in [0.1, 0.15) is 5.56 Å². The summed E-state index contributed by atoms with van der Waals surface area (Å²) in [5.74, 6) is 0.978. The molecule has 0 aliphatic carbocycles. The first-order valence-corrected chi connectivity index (χ1v) is 9.49. The fraction of sp³-hybridized carbons (Fsp3) is 0.100. The van der Waals surface area contributed by atoms with Gasteiger partial charge >= 0.3 is 6.09 Å². The van der Waals surface area contributed by atoms with Gasteiger partial charge in [0.2, 0.25) is 5.95 Å². The highest BCUT2D eigenvalue weighted by atomic mass is 32.1. The minimum atomic E-state index is -0.569. The molecular formula is C20H17N5O3S. The summed E-state index contributed by atoms with van der Waals surface area (Å²) in [5, 5.41) is 3.85. The lowest BCUT2D eigenvalue weighted by atomic mass is 10.1. The van der Waals surface area contributed by atoms with Crippen LogP contribution >= 0.6 is 11.3 Å². The van der Waals surface area contributed by atoms with Crippen LogP contribution in [0.15, 0.2) is 54.9 Å². The molecule has 146 valence electrons. The molecule has 0 spiro atoms. The number of rotatable bonds is 5. The van der Waals surface area contributed by atoms with Gasteiger partial charge in [0, 0.05) is 24.3 Å². The summed E-state index contributed by atoms with van der Waals surface area (Å²) in [6, 6.07) is 13.1. The number of thiazole rings is 1. The molecule has 0 aliphatic heterocycles. The Bertz CT molecular complexity index is 1160. The summed E-state index contributed by atoms with van der Waals surface area (Å²) >= 11 is 1.27. The molecule has 0 saturated heterocycles. The largest absolute Gasteiger partial charge is 0.497 e. The van der Waals surface area contributed by atoms with Crippen LogP contribution in [0.2, 0.25) is 0 Å². The molecule has 4 rings (SSSR count). The predicted octanol–water partition coefficient (Wildman–Crippen LogP) is 3.63. The van der Waals surface area contributed by atoms with Crippen molar-refractivity contribution in [1.29, 1.82) is 0 Å². The van der Waals surface area contributed by atoms with Crippen molar-refractivity contribution in [3.8, 4) is 21.4 Å². The number of anilines is 1. The molecule has 1 amide bonds. The molecule has 4 aromatic rings. The molecule has 0 unspecified atom stereocenters. The molecule has 8 nitrogen and oxygen atoms in total. The van der Waals surface area contributed by atoms with Gasteiger partial charge in [-0.3, -0.25) is 0 Å². The van der Waals surface area contributed by atoms with Gasteiger partial charge in [-0.25, -0.2) is 19.7 Å². The average molecular weight is 407 g/mol. The van der Waals surface area contributed by atoms with E-state index >= 15 is 0 Å². The van der Waals surface area contributed by atoms with Gasteiger partial charge in [-0.05, 0) is 29.3 Å². The highest BCUT2D eigenvalue weighted by molar-refractivity contribution is 7.16. The van der Waals surface area contributed by atoms with E-state index in [1.807, 2.05) is 42.5 Å². The minimum absolute atomic E-state index is 0.219. The third-order valence-corrected chi connectivity index (χ3v) is 5.07. The Morgan fingerprint density at radius 1 is 1.14 bits per heavy atom. The summed E-state index contributed by atoms with van der Waals surface area (Å²) in [4.78, 5) is 25.3. The number of methoxy groups -OCH3 is 1. The first-order chi connectivity index (χ1) is 14.1. The number of nitrogens with two attached hydrogens (primary N) is 1. The van der Waals surface area contributed by atoms with E-state index < -0.39 is 6.09 Å². The van der Waals surface area contributed by atoms with Crippen molar-refractivity contribution in [3.63, 3.8) is 0 Å². The Morgan fingerprint density at radius 3 is 2.76 bits per heavy atom. The first-order valence-electron chi connectivity index (χ1n) is 8.68. The van der Waals surface area contributed by atoms with E-state index in [0.717, 1.165) is 32.7 Å². The van der Waals surface area contributed by atoms with E-state index in [4.69, 9.17) is 15.2 Å². The third kappa shape index (κ3) is 4.41. The number of hydrogen-bond donors (Lipinski definition) is 2. The lowest BCUT2D eigenvalue weighted by molar-refractivity contribution is 0.200. The second kappa shape index (κ2) is 8.11. The zero-order valence-electron chi connectivity index (χ0n) is 15.5. The number of nitrogen functional groups attached to an aromatic ring is 1. The second-order valence-corrected chi connectivity index (χ2v) is 7.08. The van der Waals surface area contributed by atoms with Crippen molar-refractivity contribution < 1.29 is 14.3 Å². The van der Waals surface area contributed by atoms with Crippen LogP contribution in [0.4, 0.5) is 10.7 Å². The van der Waals surface area contributed by atoms with Gasteiger partial charge < -0.3 is 20.5 Å². The van der Waals surface area contributed by atoms with Gasteiger partial charge in [-0.1, -0.05) is 35.6 Å². The number of benzene rings is 2. The number of fused-ring (bicyclic) bond motifs is 1. The molecule has 0 aliphatic rings. The zero-order chi connectivity index (χ0) is 20.2. The van der Waals surface area contributed by atoms with Crippen LogP contribution in [0.25, 0.3) is 21.3 Å². The predicted molar refractivity (Wildman–Crippen MR) is 111 cm³/mol. The van der Waals surface area contributed by atoms with Gasteiger partial charge in [-0.15, -0.1) is 0 Å². The summed E-state index contributed by atoms with van der Waals surface area (Å²) in [6.45, 7) is 0.340. The maximum absolute atomic E-state index is 12.0. The number of carbonyl (C=O) groups is 1. The third-order valence-electron chi connectivity index (χ3n) is 4.15. The van der Waals surface area contributed by atoms with Crippen molar-refractivity contribution in [3.05, 3.63) is 60.4 Å². The Morgan fingerprint density at radius 2 is 1.97 bits per heavy atom. The first kappa shape index (κ1) is 18.6. The van der Waals surface area contributed by atoms with E-state index in [1.54, 1.807) is 19.5 Å². The molecule has 0 radical (unpaired) electrons. The molecule has 2 heterocycles. The van der Waals surface area contributed by atoms with Crippen LogP contribution in [-0.4, -0.2) is 28.2 Å². The SMILES string of the molecule is COc1ccc(CNC(=O)Oc2ncc(-c3ccc4cnc(N)nc4c3)s2)cc1. The summed E-state index contributed by atoms with van der Waals surface area (Å²) in [6.07, 6.45) is 2.76. The lowest BCUT2D eigenvalue weighted by Gasteiger charge is -2.05. The molecule has 0 atom stereocenters. The van der Waals surface area contributed by atoms with Crippen molar-refractivity contribution in [1.82, 2.24) is 20.3 Å². The van der Waals surface area contributed by atoms with E-state index in [1.165, 1.54) is 11.3 Å². The maximum atomic E-state index is 12.0. The fourth-order valence-corrected chi connectivity index (χ4v) is 3.42.